The average Bonchev–Trinajstić information content (AvgIpc) is 2.08. The van der Waals surface area contributed by atoms with Crippen molar-refractivity contribution in [1.29, 1.82) is 5.41 Å². The molecule has 0 unspecified atom stereocenters. The van der Waals surface area contributed by atoms with Crippen molar-refractivity contribution >= 4 is 5.90 Å². The molecule has 0 aliphatic carbocycles. The number of benzene rings is 1. The highest BCUT2D eigenvalue weighted by atomic mass is 16.5. The van der Waals surface area contributed by atoms with Gasteiger partial charge in [-0.05, 0) is 24.6 Å². The smallest absolute Gasteiger partial charge is 0.213 e. The largest absolute Gasteiger partial charge is 0.508 e. The number of aromatic hydroxyl groups is 1. The minimum absolute atomic E-state index is 0.0726. The molecule has 0 bridgehead atoms. The number of hydrogen-bond acceptors (Lipinski definition) is 3. The SMILES string of the molecule is COC(=N)c1cc(O)ccc1C. The highest BCUT2D eigenvalue weighted by Crippen LogP contribution is 2.16. The molecule has 0 radical (unpaired) electrons. The van der Waals surface area contributed by atoms with E-state index >= 15 is 0 Å². The fraction of sp³-hybridized carbons (Fsp3) is 0.222. The first-order chi connectivity index (χ1) is 5.65. The van der Waals surface area contributed by atoms with Gasteiger partial charge in [-0.1, -0.05) is 6.07 Å². The first-order valence-corrected chi connectivity index (χ1v) is 3.57. The van der Waals surface area contributed by atoms with Crippen LogP contribution in [0.3, 0.4) is 0 Å². The van der Waals surface area contributed by atoms with Crippen molar-refractivity contribution in [1.82, 2.24) is 0 Å². The normalized spacial score (nSPS) is 9.50. The van der Waals surface area contributed by atoms with Gasteiger partial charge in [-0.2, -0.15) is 0 Å². The van der Waals surface area contributed by atoms with Gasteiger partial charge in [0.25, 0.3) is 0 Å². The summed E-state index contributed by atoms with van der Waals surface area (Å²) in [7, 11) is 1.44. The first-order valence-electron chi connectivity index (χ1n) is 3.57. The third-order valence-electron chi connectivity index (χ3n) is 1.67. The van der Waals surface area contributed by atoms with Gasteiger partial charge in [0.05, 0.1) is 7.11 Å². The second kappa shape index (κ2) is 3.26. The third-order valence-corrected chi connectivity index (χ3v) is 1.67. The molecule has 0 heterocycles. The lowest BCUT2D eigenvalue weighted by Gasteiger charge is -2.05. The van der Waals surface area contributed by atoms with Crippen LogP contribution in [0.1, 0.15) is 11.1 Å². The molecule has 1 aromatic carbocycles. The van der Waals surface area contributed by atoms with E-state index in [2.05, 4.69) is 0 Å². The Bertz CT molecular complexity index is 307. The predicted molar refractivity (Wildman–Crippen MR) is 46.7 cm³/mol. The lowest BCUT2D eigenvalue weighted by atomic mass is 10.1. The number of nitrogens with one attached hydrogen (secondary N) is 1. The molecule has 0 aromatic heterocycles. The molecule has 0 spiro atoms. The minimum Gasteiger partial charge on any atom is -0.508 e. The molecule has 0 saturated heterocycles. The lowest BCUT2D eigenvalue weighted by molar-refractivity contribution is 0.400. The summed E-state index contributed by atoms with van der Waals surface area (Å²) < 4.78 is 4.74. The highest BCUT2D eigenvalue weighted by Gasteiger charge is 2.05. The maximum absolute atomic E-state index is 9.13. The Morgan fingerprint density at radius 2 is 2.17 bits per heavy atom. The van der Waals surface area contributed by atoms with Crippen LogP contribution in [0.25, 0.3) is 0 Å². The van der Waals surface area contributed by atoms with Gasteiger partial charge in [-0.15, -0.1) is 0 Å². The molecule has 0 aliphatic heterocycles. The molecule has 0 saturated carbocycles. The quantitative estimate of drug-likeness (QED) is 0.491. The van der Waals surface area contributed by atoms with E-state index in [4.69, 9.17) is 15.3 Å². The zero-order chi connectivity index (χ0) is 9.14. The Labute approximate surface area is 71.1 Å². The summed E-state index contributed by atoms with van der Waals surface area (Å²) in [6, 6.07) is 4.85. The Hall–Kier alpha value is -1.51. The number of aryl methyl sites for hydroxylation is 1. The predicted octanol–water partition coefficient (Wildman–Crippen LogP) is 1.67. The molecule has 12 heavy (non-hydrogen) atoms. The Morgan fingerprint density at radius 3 is 2.75 bits per heavy atom. The topological polar surface area (TPSA) is 53.3 Å². The van der Waals surface area contributed by atoms with Crippen molar-refractivity contribution in [2.24, 2.45) is 0 Å². The molecule has 2 N–H and O–H groups in total. The monoisotopic (exact) mass is 165 g/mol. The highest BCUT2D eigenvalue weighted by molar-refractivity contribution is 5.93. The second-order valence-corrected chi connectivity index (χ2v) is 2.53. The molecular weight excluding hydrogens is 154 g/mol. The van der Waals surface area contributed by atoms with Gasteiger partial charge in [0.15, 0.2) is 0 Å². The fourth-order valence-corrected chi connectivity index (χ4v) is 0.965. The van der Waals surface area contributed by atoms with Crippen LogP contribution in [0.5, 0.6) is 5.75 Å². The van der Waals surface area contributed by atoms with Crippen molar-refractivity contribution in [3.8, 4) is 5.75 Å². The molecule has 0 fully saturated rings. The number of rotatable bonds is 1. The molecule has 64 valence electrons. The standard InChI is InChI=1S/C9H11NO2/c1-6-3-4-7(11)5-8(6)9(10)12-2/h3-5,10-11H,1-2H3. The van der Waals surface area contributed by atoms with Crippen LogP contribution in [-0.2, 0) is 4.74 Å². The van der Waals surface area contributed by atoms with E-state index in [9.17, 15) is 0 Å². The van der Waals surface area contributed by atoms with E-state index in [1.54, 1.807) is 12.1 Å². The van der Waals surface area contributed by atoms with Gasteiger partial charge in [0, 0.05) is 5.56 Å². The van der Waals surface area contributed by atoms with Crippen LogP contribution in [0, 0.1) is 12.3 Å². The Balaban J connectivity index is 3.13. The van der Waals surface area contributed by atoms with E-state index < -0.39 is 0 Å². The van der Waals surface area contributed by atoms with E-state index in [-0.39, 0.29) is 11.6 Å². The van der Waals surface area contributed by atoms with Crippen molar-refractivity contribution in [2.75, 3.05) is 7.11 Å². The number of hydrogen-bond donors (Lipinski definition) is 2. The van der Waals surface area contributed by atoms with E-state index in [1.165, 1.54) is 13.2 Å². The van der Waals surface area contributed by atoms with Gasteiger partial charge in [0.1, 0.15) is 5.75 Å². The van der Waals surface area contributed by atoms with Crippen LogP contribution in [-0.4, -0.2) is 18.1 Å². The van der Waals surface area contributed by atoms with Gasteiger partial charge in [-0.25, -0.2) is 0 Å². The minimum atomic E-state index is 0.0726. The number of ether oxygens (including phenoxy) is 1. The zero-order valence-corrected chi connectivity index (χ0v) is 7.09. The van der Waals surface area contributed by atoms with Gasteiger partial charge < -0.3 is 9.84 Å². The van der Waals surface area contributed by atoms with Crippen LogP contribution in [0.15, 0.2) is 18.2 Å². The van der Waals surface area contributed by atoms with E-state index in [1.807, 2.05) is 6.92 Å². The average molecular weight is 165 g/mol. The number of methoxy groups -OCH3 is 1. The van der Waals surface area contributed by atoms with Gasteiger partial charge in [-0.3, -0.25) is 5.41 Å². The van der Waals surface area contributed by atoms with Crippen LogP contribution < -0.4 is 0 Å². The van der Waals surface area contributed by atoms with Crippen molar-refractivity contribution < 1.29 is 9.84 Å². The maximum atomic E-state index is 9.13. The molecule has 0 amide bonds. The van der Waals surface area contributed by atoms with Gasteiger partial charge >= 0.3 is 0 Å². The second-order valence-electron chi connectivity index (χ2n) is 2.53. The molecular formula is C9H11NO2. The molecule has 3 nitrogen and oxygen atoms in total. The van der Waals surface area contributed by atoms with Crippen LogP contribution in [0.4, 0.5) is 0 Å². The summed E-state index contributed by atoms with van der Waals surface area (Å²) in [6.45, 7) is 1.86. The molecule has 3 heteroatoms. The molecule has 1 rings (SSSR count). The van der Waals surface area contributed by atoms with Crippen molar-refractivity contribution in [3.63, 3.8) is 0 Å². The summed E-state index contributed by atoms with van der Waals surface area (Å²) in [5, 5.41) is 16.5. The number of phenols is 1. The van der Waals surface area contributed by atoms with Crippen molar-refractivity contribution in [2.45, 2.75) is 6.92 Å². The lowest BCUT2D eigenvalue weighted by Crippen LogP contribution is -2.03. The van der Waals surface area contributed by atoms with Gasteiger partial charge in [0.2, 0.25) is 5.90 Å². The Kier molecular flexibility index (Phi) is 2.33. The van der Waals surface area contributed by atoms with Crippen LogP contribution >= 0.6 is 0 Å². The molecule has 0 aliphatic rings. The summed E-state index contributed by atoms with van der Waals surface area (Å²) in [5.74, 6) is 0.223. The fourth-order valence-electron chi connectivity index (χ4n) is 0.965. The number of phenolic OH excluding ortho intramolecular Hbond substituents is 1. The Morgan fingerprint density at radius 1 is 1.50 bits per heavy atom. The summed E-state index contributed by atoms with van der Waals surface area (Å²) in [6.07, 6.45) is 0. The third kappa shape index (κ3) is 1.56. The zero-order valence-electron chi connectivity index (χ0n) is 7.09. The van der Waals surface area contributed by atoms with E-state index in [0.717, 1.165) is 5.56 Å². The first kappa shape index (κ1) is 8.59. The summed E-state index contributed by atoms with van der Waals surface area (Å²) in [4.78, 5) is 0. The van der Waals surface area contributed by atoms with Crippen LogP contribution in [0.2, 0.25) is 0 Å². The summed E-state index contributed by atoms with van der Waals surface area (Å²) >= 11 is 0. The summed E-state index contributed by atoms with van der Waals surface area (Å²) in [5.41, 5.74) is 1.54. The van der Waals surface area contributed by atoms with Crippen molar-refractivity contribution in [3.05, 3.63) is 29.3 Å². The molecule has 1 aromatic rings. The molecule has 0 atom stereocenters. The maximum Gasteiger partial charge on any atom is 0.213 e. The van der Waals surface area contributed by atoms with E-state index in [0.29, 0.717) is 5.56 Å².